The summed E-state index contributed by atoms with van der Waals surface area (Å²) >= 11 is 5.85. The third-order valence-corrected chi connectivity index (χ3v) is 4.19. The van der Waals surface area contributed by atoms with Crippen LogP contribution in [0.15, 0.2) is 65.1 Å². The second kappa shape index (κ2) is 7.98. The van der Waals surface area contributed by atoms with Crippen LogP contribution in [-0.2, 0) is 19.1 Å². The fraction of sp³-hybridized carbons (Fsp3) is 0.200. The average molecular weight is 380 g/mol. The van der Waals surface area contributed by atoms with Crippen LogP contribution in [0, 0.1) is 0 Å². The van der Waals surface area contributed by atoms with Crippen molar-refractivity contribution in [3.05, 3.63) is 82.6 Å². The van der Waals surface area contributed by atoms with Crippen LogP contribution in [0.4, 0.5) is 13.2 Å². The lowest BCUT2D eigenvalue weighted by molar-refractivity contribution is -0.137. The lowest BCUT2D eigenvalue weighted by Crippen LogP contribution is -2.16. The standard InChI is InChI=1S/C20H17ClF3NO/c21-17-6-4-14(5-7-17)10-11-25-13-18-8-9-19(26-18)15-2-1-3-16(12-15)20(22,23)24/h1-9,12,25H,10-11,13H2. The molecule has 0 aliphatic rings. The fourth-order valence-corrected chi connectivity index (χ4v) is 2.70. The monoisotopic (exact) mass is 379 g/mol. The molecule has 3 rings (SSSR count). The number of rotatable bonds is 6. The van der Waals surface area contributed by atoms with Crippen molar-refractivity contribution in [2.24, 2.45) is 0 Å². The molecule has 0 fully saturated rings. The van der Waals surface area contributed by atoms with Crippen molar-refractivity contribution in [2.45, 2.75) is 19.1 Å². The number of alkyl halides is 3. The third kappa shape index (κ3) is 4.90. The highest BCUT2D eigenvalue weighted by atomic mass is 35.5. The summed E-state index contributed by atoms with van der Waals surface area (Å²) in [6.07, 6.45) is -3.52. The smallest absolute Gasteiger partial charge is 0.416 e. The van der Waals surface area contributed by atoms with Gasteiger partial charge in [0, 0.05) is 10.6 Å². The van der Waals surface area contributed by atoms with Crippen LogP contribution in [0.1, 0.15) is 16.9 Å². The Kier molecular flexibility index (Phi) is 5.69. The van der Waals surface area contributed by atoms with E-state index in [2.05, 4.69) is 5.32 Å². The zero-order valence-electron chi connectivity index (χ0n) is 13.8. The Hall–Kier alpha value is -2.24. The molecule has 3 aromatic rings. The molecule has 0 aliphatic carbocycles. The molecule has 2 aromatic carbocycles. The summed E-state index contributed by atoms with van der Waals surface area (Å²) in [5, 5.41) is 3.97. The van der Waals surface area contributed by atoms with E-state index < -0.39 is 11.7 Å². The summed E-state index contributed by atoms with van der Waals surface area (Å²) in [5.74, 6) is 1.10. The molecule has 1 aromatic heterocycles. The summed E-state index contributed by atoms with van der Waals surface area (Å²) in [6, 6.07) is 16.2. The first kappa shape index (κ1) is 18.5. The number of benzene rings is 2. The van der Waals surface area contributed by atoms with Crippen molar-refractivity contribution in [3.63, 3.8) is 0 Å². The van der Waals surface area contributed by atoms with Gasteiger partial charge >= 0.3 is 6.18 Å². The molecule has 0 unspecified atom stereocenters. The second-order valence-electron chi connectivity index (χ2n) is 5.90. The fourth-order valence-electron chi connectivity index (χ4n) is 2.57. The van der Waals surface area contributed by atoms with Crippen molar-refractivity contribution < 1.29 is 17.6 Å². The molecule has 6 heteroatoms. The molecule has 0 atom stereocenters. The van der Waals surface area contributed by atoms with E-state index in [1.54, 1.807) is 18.2 Å². The van der Waals surface area contributed by atoms with Crippen molar-refractivity contribution in [3.8, 4) is 11.3 Å². The van der Waals surface area contributed by atoms with E-state index >= 15 is 0 Å². The van der Waals surface area contributed by atoms with Crippen molar-refractivity contribution >= 4 is 11.6 Å². The molecule has 0 saturated heterocycles. The van der Waals surface area contributed by atoms with Crippen LogP contribution in [0.5, 0.6) is 0 Å². The minimum Gasteiger partial charge on any atom is -0.460 e. The quantitative estimate of drug-likeness (QED) is 0.535. The molecule has 0 spiro atoms. The zero-order chi connectivity index (χ0) is 18.6. The van der Waals surface area contributed by atoms with Crippen LogP contribution in [0.2, 0.25) is 5.02 Å². The van der Waals surface area contributed by atoms with Crippen LogP contribution >= 0.6 is 11.6 Å². The maximum atomic E-state index is 12.8. The maximum Gasteiger partial charge on any atom is 0.416 e. The predicted octanol–water partition coefficient (Wildman–Crippen LogP) is 5.95. The molecule has 2 nitrogen and oxygen atoms in total. The third-order valence-electron chi connectivity index (χ3n) is 3.94. The largest absolute Gasteiger partial charge is 0.460 e. The van der Waals surface area contributed by atoms with Gasteiger partial charge in [-0.25, -0.2) is 0 Å². The van der Waals surface area contributed by atoms with Gasteiger partial charge in [0.05, 0.1) is 12.1 Å². The molecule has 0 saturated carbocycles. The van der Waals surface area contributed by atoms with Gasteiger partial charge < -0.3 is 9.73 Å². The Morgan fingerprint density at radius 2 is 1.73 bits per heavy atom. The van der Waals surface area contributed by atoms with Crippen molar-refractivity contribution in [1.82, 2.24) is 5.32 Å². The van der Waals surface area contributed by atoms with E-state index in [9.17, 15) is 13.2 Å². The summed E-state index contributed by atoms with van der Waals surface area (Å²) in [6.45, 7) is 1.26. The van der Waals surface area contributed by atoms with E-state index in [0.717, 1.165) is 25.1 Å². The Bertz CT molecular complexity index is 856. The molecule has 0 aliphatic heterocycles. The SMILES string of the molecule is FC(F)(F)c1cccc(-c2ccc(CNCCc3ccc(Cl)cc3)o2)c1. The number of halogens is 4. The first-order chi connectivity index (χ1) is 12.4. The lowest BCUT2D eigenvalue weighted by Gasteiger charge is -2.07. The zero-order valence-corrected chi connectivity index (χ0v) is 14.6. The van der Waals surface area contributed by atoms with E-state index in [1.165, 1.54) is 11.6 Å². The predicted molar refractivity (Wildman–Crippen MR) is 96.0 cm³/mol. The second-order valence-corrected chi connectivity index (χ2v) is 6.33. The van der Waals surface area contributed by atoms with Gasteiger partial charge in [0.25, 0.3) is 0 Å². The summed E-state index contributed by atoms with van der Waals surface area (Å²) < 4.78 is 44.1. The highest BCUT2D eigenvalue weighted by Crippen LogP contribution is 2.32. The van der Waals surface area contributed by atoms with Gasteiger partial charge in [-0.3, -0.25) is 0 Å². The van der Waals surface area contributed by atoms with E-state index in [1.807, 2.05) is 24.3 Å². The van der Waals surface area contributed by atoms with Gasteiger partial charge in [-0.2, -0.15) is 13.2 Å². The van der Waals surface area contributed by atoms with Crippen LogP contribution in [0.3, 0.4) is 0 Å². The van der Waals surface area contributed by atoms with Crippen LogP contribution in [-0.4, -0.2) is 6.54 Å². The van der Waals surface area contributed by atoms with E-state index in [0.29, 0.717) is 28.7 Å². The first-order valence-electron chi connectivity index (χ1n) is 8.13. The normalized spacial score (nSPS) is 11.7. The van der Waals surface area contributed by atoms with Gasteiger partial charge in [-0.1, -0.05) is 35.9 Å². The molecule has 26 heavy (non-hydrogen) atoms. The molecule has 0 radical (unpaired) electrons. The molecule has 1 N–H and O–H groups in total. The van der Waals surface area contributed by atoms with Crippen molar-refractivity contribution in [1.29, 1.82) is 0 Å². The molecule has 136 valence electrons. The summed E-state index contributed by atoms with van der Waals surface area (Å²) in [5.41, 5.74) is 0.896. The molecular weight excluding hydrogens is 363 g/mol. The topological polar surface area (TPSA) is 25.2 Å². The first-order valence-corrected chi connectivity index (χ1v) is 8.51. The lowest BCUT2D eigenvalue weighted by atomic mass is 10.1. The minimum absolute atomic E-state index is 0.409. The van der Waals surface area contributed by atoms with Crippen molar-refractivity contribution in [2.75, 3.05) is 6.54 Å². The van der Waals surface area contributed by atoms with E-state index in [-0.39, 0.29) is 0 Å². The minimum atomic E-state index is -4.37. The van der Waals surface area contributed by atoms with Gasteiger partial charge in [0.15, 0.2) is 0 Å². The number of furan rings is 1. The molecule has 0 amide bonds. The average Bonchev–Trinajstić information content (AvgIpc) is 3.09. The van der Waals surface area contributed by atoms with Gasteiger partial charge in [-0.05, 0) is 54.9 Å². The number of hydrogen-bond acceptors (Lipinski definition) is 2. The Morgan fingerprint density at radius 3 is 2.46 bits per heavy atom. The molecule has 1 heterocycles. The summed E-state index contributed by atoms with van der Waals surface area (Å²) in [7, 11) is 0. The number of nitrogens with one attached hydrogen (secondary N) is 1. The Morgan fingerprint density at radius 1 is 0.962 bits per heavy atom. The Balaban J connectivity index is 1.56. The number of hydrogen-bond donors (Lipinski definition) is 1. The molecule has 0 bridgehead atoms. The Labute approximate surface area is 154 Å². The van der Waals surface area contributed by atoms with Gasteiger partial charge in [-0.15, -0.1) is 0 Å². The highest BCUT2D eigenvalue weighted by Gasteiger charge is 2.30. The highest BCUT2D eigenvalue weighted by molar-refractivity contribution is 6.30. The molecular formula is C20H17ClF3NO. The van der Waals surface area contributed by atoms with Crippen LogP contribution in [0.25, 0.3) is 11.3 Å². The van der Waals surface area contributed by atoms with Gasteiger partial charge in [0.1, 0.15) is 11.5 Å². The van der Waals surface area contributed by atoms with E-state index in [4.69, 9.17) is 16.0 Å². The van der Waals surface area contributed by atoms with Crippen LogP contribution < -0.4 is 5.32 Å². The summed E-state index contributed by atoms with van der Waals surface area (Å²) in [4.78, 5) is 0. The van der Waals surface area contributed by atoms with Gasteiger partial charge in [0.2, 0.25) is 0 Å². The maximum absolute atomic E-state index is 12.8.